The van der Waals surface area contributed by atoms with Crippen LogP contribution in [0.1, 0.15) is 24.2 Å². The summed E-state index contributed by atoms with van der Waals surface area (Å²) in [6.07, 6.45) is 0. The largest absolute Gasteiger partial charge is 0.493 e. The number of amides is 1. The molecule has 3 aromatic rings. The number of fused-ring (bicyclic) bond motifs is 1. The number of carbonyl (C=O) groups is 1. The number of halogens is 2. The third-order valence-corrected chi connectivity index (χ3v) is 6.30. The predicted octanol–water partition coefficient (Wildman–Crippen LogP) is 4.87. The molecular formula is C23H29ClFN3O4S. The molecule has 33 heavy (non-hydrogen) atoms. The highest BCUT2D eigenvalue weighted by Gasteiger charge is 2.25. The molecule has 0 aliphatic heterocycles. The van der Waals surface area contributed by atoms with Gasteiger partial charge in [0, 0.05) is 18.7 Å². The number of anilines is 1. The number of rotatable bonds is 10. The molecule has 3 rings (SSSR count). The van der Waals surface area contributed by atoms with Crippen LogP contribution in [0, 0.1) is 5.82 Å². The van der Waals surface area contributed by atoms with Gasteiger partial charge in [-0.1, -0.05) is 25.2 Å². The van der Waals surface area contributed by atoms with Gasteiger partial charge in [-0.2, -0.15) is 0 Å². The van der Waals surface area contributed by atoms with Crippen LogP contribution >= 0.6 is 23.7 Å². The minimum Gasteiger partial charge on any atom is -0.493 e. The maximum atomic E-state index is 13.7. The molecule has 0 N–H and O–H groups in total. The van der Waals surface area contributed by atoms with Crippen molar-refractivity contribution < 1.29 is 23.4 Å². The molecule has 0 unspecified atom stereocenters. The first-order valence-electron chi connectivity index (χ1n) is 10.4. The summed E-state index contributed by atoms with van der Waals surface area (Å²) in [6.45, 7) is 7.00. The fourth-order valence-corrected chi connectivity index (χ4v) is 4.44. The average Bonchev–Trinajstić information content (AvgIpc) is 3.23. The van der Waals surface area contributed by atoms with E-state index in [2.05, 4.69) is 23.7 Å². The third-order valence-electron chi connectivity index (χ3n) is 5.26. The minimum atomic E-state index is -0.335. The molecule has 0 atom stereocenters. The fourth-order valence-electron chi connectivity index (χ4n) is 3.43. The van der Waals surface area contributed by atoms with E-state index in [1.54, 1.807) is 23.1 Å². The minimum absolute atomic E-state index is 0. The topological polar surface area (TPSA) is 64.1 Å². The second-order valence-electron chi connectivity index (χ2n) is 7.01. The van der Waals surface area contributed by atoms with E-state index in [4.69, 9.17) is 14.2 Å². The lowest BCUT2D eigenvalue weighted by Crippen LogP contribution is -2.38. The molecule has 2 aromatic carbocycles. The Bertz CT molecular complexity index is 1070. The van der Waals surface area contributed by atoms with Crippen molar-refractivity contribution in [3.8, 4) is 17.2 Å². The Morgan fingerprint density at radius 1 is 1.00 bits per heavy atom. The molecule has 0 saturated heterocycles. The molecule has 7 nitrogen and oxygen atoms in total. The van der Waals surface area contributed by atoms with E-state index in [0.29, 0.717) is 51.2 Å². The van der Waals surface area contributed by atoms with Crippen LogP contribution in [0.3, 0.4) is 0 Å². The first-order chi connectivity index (χ1) is 15.4. The zero-order valence-electron chi connectivity index (χ0n) is 19.4. The third kappa shape index (κ3) is 5.85. The lowest BCUT2D eigenvalue weighted by atomic mass is 10.1. The first-order valence-corrected chi connectivity index (χ1v) is 11.2. The van der Waals surface area contributed by atoms with Gasteiger partial charge >= 0.3 is 0 Å². The molecule has 0 fully saturated rings. The van der Waals surface area contributed by atoms with Gasteiger partial charge in [-0.25, -0.2) is 9.37 Å². The molecule has 0 spiro atoms. The number of methoxy groups -OCH3 is 3. The zero-order chi connectivity index (χ0) is 23.3. The zero-order valence-corrected chi connectivity index (χ0v) is 21.0. The highest BCUT2D eigenvalue weighted by molar-refractivity contribution is 7.22. The van der Waals surface area contributed by atoms with Crippen LogP contribution in [0.25, 0.3) is 10.2 Å². The predicted molar refractivity (Wildman–Crippen MR) is 132 cm³/mol. The van der Waals surface area contributed by atoms with Crippen molar-refractivity contribution in [3.63, 3.8) is 0 Å². The fraction of sp³-hybridized carbons (Fsp3) is 0.391. The summed E-state index contributed by atoms with van der Waals surface area (Å²) in [5.74, 6) is 0.613. The van der Waals surface area contributed by atoms with Crippen LogP contribution in [-0.2, 0) is 0 Å². The van der Waals surface area contributed by atoms with Gasteiger partial charge in [0.25, 0.3) is 5.91 Å². The van der Waals surface area contributed by atoms with Gasteiger partial charge in [-0.05, 0) is 43.4 Å². The number of thiazole rings is 1. The molecule has 0 bridgehead atoms. The summed E-state index contributed by atoms with van der Waals surface area (Å²) in [7, 11) is 4.52. The highest BCUT2D eigenvalue weighted by atomic mass is 35.5. The number of hydrogen-bond acceptors (Lipinski definition) is 7. The van der Waals surface area contributed by atoms with E-state index in [0.717, 1.165) is 13.1 Å². The summed E-state index contributed by atoms with van der Waals surface area (Å²) in [4.78, 5) is 22.1. The normalized spacial score (nSPS) is 10.8. The molecule has 0 radical (unpaired) electrons. The van der Waals surface area contributed by atoms with Gasteiger partial charge in [0.2, 0.25) is 5.75 Å². The van der Waals surface area contributed by atoms with Crippen molar-refractivity contribution in [1.29, 1.82) is 0 Å². The maximum Gasteiger partial charge on any atom is 0.260 e. The second kappa shape index (κ2) is 12.0. The molecule has 0 aliphatic rings. The van der Waals surface area contributed by atoms with E-state index in [-0.39, 0.29) is 24.1 Å². The summed E-state index contributed by atoms with van der Waals surface area (Å²) in [6, 6.07) is 7.68. The van der Waals surface area contributed by atoms with Crippen molar-refractivity contribution in [2.24, 2.45) is 0 Å². The maximum absolute atomic E-state index is 13.7. The van der Waals surface area contributed by atoms with Crippen LogP contribution in [0.15, 0.2) is 30.3 Å². The number of hydrogen-bond donors (Lipinski definition) is 0. The van der Waals surface area contributed by atoms with Gasteiger partial charge in [0.15, 0.2) is 16.6 Å². The van der Waals surface area contributed by atoms with Crippen molar-refractivity contribution in [2.75, 3.05) is 52.4 Å². The van der Waals surface area contributed by atoms with Gasteiger partial charge < -0.3 is 19.1 Å². The molecule has 1 heterocycles. The smallest absolute Gasteiger partial charge is 0.260 e. The summed E-state index contributed by atoms with van der Waals surface area (Å²) >= 11 is 1.29. The first kappa shape index (κ1) is 26.6. The Labute approximate surface area is 203 Å². The van der Waals surface area contributed by atoms with Crippen LogP contribution in [0.2, 0.25) is 0 Å². The van der Waals surface area contributed by atoms with Crippen LogP contribution in [0.4, 0.5) is 9.52 Å². The van der Waals surface area contributed by atoms with E-state index in [1.165, 1.54) is 44.8 Å². The van der Waals surface area contributed by atoms with Crippen LogP contribution in [0.5, 0.6) is 17.2 Å². The molecule has 180 valence electrons. The lowest BCUT2D eigenvalue weighted by Gasteiger charge is -2.25. The van der Waals surface area contributed by atoms with Crippen LogP contribution < -0.4 is 19.1 Å². The SMILES string of the molecule is CCN(CC)CCN(C(=O)c1cc(OC)c(OC)c(OC)c1)c1nc2ccc(F)cc2s1.Cl. The lowest BCUT2D eigenvalue weighted by molar-refractivity contribution is 0.0983. The molecule has 10 heteroatoms. The van der Waals surface area contributed by atoms with Gasteiger partial charge in [-0.15, -0.1) is 12.4 Å². The van der Waals surface area contributed by atoms with Gasteiger partial charge in [-0.3, -0.25) is 9.69 Å². The molecular weight excluding hydrogens is 469 g/mol. The molecule has 0 saturated carbocycles. The number of aromatic nitrogens is 1. The summed E-state index contributed by atoms with van der Waals surface area (Å²) in [5.41, 5.74) is 1.03. The second-order valence-corrected chi connectivity index (χ2v) is 8.02. The summed E-state index contributed by atoms with van der Waals surface area (Å²) in [5, 5.41) is 0.511. The quantitative estimate of drug-likeness (QED) is 0.398. The van der Waals surface area contributed by atoms with Crippen molar-refractivity contribution >= 4 is 45.0 Å². The Kier molecular flexibility index (Phi) is 9.70. The van der Waals surface area contributed by atoms with Crippen LogP contribution in [-0.4, -0.2) is 63.3 Å². The van der Waals surface area contributed by atoms with Crippen molar-refractivity contribution in [2.45, 2.75) is 13.8 Å². The molecule has 1 amide bonds. The number of carbonyl (C=O) groups excluding carboxylic acids is 1. The van der Waals surface area contributed by atoms with Crippen molar-refractivity contribution in [3.05, 3.63) is 41.7 Å². The Morgan fingerprint density at radius 3 is 2.18 bits per heavy atom. The van der Waals surface area contributed by atoms with Gasteiger partial charge in [0.1, 0.15) is 5.82 Å². The Morgan fingerprint density at radius 2 is 1.64 bits per heavy atom. The van der Waals surface area contributed by atoms with E-state index in [1.807, 2.05) is 0 Å². The number of nitrogens with zero attached hydrogens (tertiary/aromatic N) is 3. The number of ether oxygens (including phenoxy) is 3. The number of benzene rings is 2. The molecule has 1 aromatic heterocycles. The molecule has 0 aliphatic carbocycles. The van der Waals surface area contributed by atoms with E-state index in [9.17, 15) is 9.18 Å². The Hall–Kier alpha value is -2.62. The average molecular weight is 498 g/mol. The standard InChI is InChI=1S/C23H28FN3O4S.ClH/c1-6-26(7-2)10-11-27(23-25-17-9-8-16(24)14-20(17)32-23)22(28)15-12-18(29-3)21(31-5)19(13-15)30-4;/h8-9,12-14H,6-7,10-11H2,1-5H3;1H. The Balaban J connectivity index is 0.00000385. The van der Waals surface area contributed by atoms with E-state index < -0.39 is 0 Å². The monoisotopic (exact) mass is 497 g/mol. The van der Waals surface area contributed by atoms with E-state index >= 15 is 0 Å². The number of likely N-dealkylation sites (N-methyl/N-ethyl adjacent to an activating group) is 1. The summed E-state index contributed by atoms with van der Waals surface area (Å²) < 4.78 is 30.6. The highest BCUT2D eigenvalue weighted by Crippen LogP contribution is 2.39. The van der Waals surface area contributed by atoms with Crippen molar-refractivity contribution in [1.82, 2.24) is 9.88 Å². The van der Waals surface area contributed by atoms with Gasteiger partial charge in [0.05, 0.1) is 31.5 Å².